The molecule has 15 heavy (non-hydrogen) atoms. The Morgan fingerprint density at radius 2 is 1.80 bits per heavy atom. The monoisotopic (exact) mass is 211 g/mol. The second kappa shape index (κ2) is 6.52. The molecule has 1 heteroatoms. The van der Waals surface area contributed by atoms with E-state index in [9.17, 15) is 0 Å². The fourth-order valence-electron chi connectivity index (χ4n) is 2.93. The predicted octanol–water partition coefficient (Wildman–Crippen LogP) is 3.98. The van der Waals surface area contributed by atoms with Gasteiger partial charge in [-0.15, -0.1) is 0 Å². The first-order valence-electron chi connectivity index (χ1n) is 6.91. The van der Waals surface area contributed by atoms with Crippen LogP contribution in [0.4, 0.5) is 0 Å². The lowest BCUT2D eigenvalue weighted by Gasteiger charge is -2.37. The average molecular weight is 211 g/mol. The van der Waals surface area contributed by atoms with Crippen LogP contribution in [-0.2, 0) is 0 Å². The van der Waals surface area contributed by atoms with E-state index in [4.69, 9.17) is 0 Å². The number of hydrogen-bond acceptors (Lipinski definition) is 1. The molecule has 1 aliphatic carbocycles. The van der Waals surface area contributed by atoms with Crippen molar-refractivity contribution in [3.8, 4) is 0 Å². The molecule has 1 nitrogen and oxygen atoms in total. The first kappa shape index (κ1) is 13.0. The number of hydrogen-bond donors (Lipinski definition) is 1. The Bertz CT molecular complexity index is 157. The summed E-state index contributed by atoms with van der Waals surface area (Å²) in [7, 11) is 0. The summed E-state index contributed by atoms with van der Waals surface area (Å²) in [6.45, 7) is 9.46. The largest absolute Gasteiger partial charge is 0.311 e. The molecule has 0 spiro atoms. The fraction of sp³-hybridized carbons (Fsp3) is 1.00. The highest BCUT2D eigenvalue weighted by molar-refractivity contribution is 4.84. The minimum Gasteiger partial charge on any atom is -0.311 e. The Hall–Kier alpha value is -0.0400. The van der Waals surface area contributed by atoms with Crippen LogP contribution >= 0.6 is 0 Å². The number of rotatable bonds is 5. The van der Waals surface area contributed by atoms with Gasteiger partial charge in [0.05, 0.1) is 0 Å². The second-order valence-corrected chi connectivity index (χ2v) is 5.62. The van der Waals surface area contributed by atoms with Gasteiger partial charge in [0, 0.05) is 12.1 Å². The molecule has 3 atom stereocenters. The Labute approximate surface area is 96.0 Å². The Kier molecular flexibility index (Phi) is 5.66. The quantitative estimate of drug-likeness (QED) is 0.725. The molecule has 0 aromatic rings. The normalized spacial score (nSPS) is 34.0. The fourth-order valence-corrected chi connectivity index (χ4v) is 2.93. The molecule has 1 aliphatic rings. The van der Waals surface area contributed by atoms with Crippen LogP contribution < -0.4 is 5.32 Å². The van der Waals surface area contributed by atoms with Crippen LogP contribution in [-0.4, -0.2) is 12.1 Å². The smallest absolute Gasteiger partial charge is 0.0121 e. The molecule has 1 N–H and O–H groups in total. The summed E-state index contributed by atoms with van der Waals surface area (Å²) in [5, 5.41) is 3.85. The number of unbranched alkanes of at least 4 members (excludes halogenated alkanes) is 1. The van der Waals surface area contributed by atoms with Crippen LogP contribution in [0.15, 0.2) is 0 Å². The second-order valence-electron chi connectivity index (χ2n) is 5.62. The Morgan fingerprint density at radius 1 is 1.20 bits per heavy atom. The topological polar surface area (TPSA) is 12.0 Å². The van der Waals surface area contributed by atoms with Crippen molar-refractivity contribution in [2.45, 2.75) is 78.3 Å². The van der Waals surface area contributed by atoms with Gasteiger partial charge in [-0.2, -0.15) is 0 Å². The van der Waals surface area contributed by atoms with Gasteiger partial charge in [-0.1, -0.05) is 40.0 Å². The Balaban J connectivity index is 2.33. The minimum absolute atomic E-state index is 0.706. The highest BCUT2D eigenvalue weighted by atomic mass is 15.0. The first-order valence-corrected chi connectivity index (χ1v) is 6.91. The lowest BCUT2D eigenvalue weighted by Crippen LogP contribution is -2.46. The van der Waals surface area contributed by atoms with Gasteiger partial charge < -0.3 is 5.32 Å². The molecule has 0 heterocycles. The van der Waals surface area contributed by atoms with Crippen molar-refractivity contribution in [3.05, 3.63) is 0 Å². The molecule has 1 fully saturated rings. The molecule has 0 aromatic carbocycles. The van der Waals surface area contributed by atoms with Crippen LogP contribution in [0.3, 0.4) is 0 Å². The van der Waals surface area contributed by atoms with E-state index < -0.39 is 0 Å². The summed E-state index contributed by atoms with van der Waals surface area (Å²) in [4.78, 5) is 0. The third-order valence-corrected chi connectivity index (χ3v) is 4.01. The third kappa shape index (κ3) is 4.14. The Morgan fingerprint density at radius 3 is 2.33 bits per heavy atom. The predicted molar refractivity (Wildman–Crippen MR) is 68.1 cm³/mol. The molecule has 90 valence electrons. The maximum absolute atomic E-state index is 3.85. The zero-order chi connectivity index (χ0) is 11.3. The molecular weight excluding hydrogens is 182 g/mol. The molecule has 3 unspecified atom stereocenters. The van der Waals surface area contributed by atoms with Crippen LogP contribution in [0.5, 0.6) is 0 Å². The minimum atomic E-state index is 0.706. The van der Waals surface area contributed by atoms with E-state index >= 15 is 0 Å². The van der Waals surface area contributed by atoms with Gasteiger partial charge >= 0.3 is 0 Å². The highest BCUT2D eigenvalue weighted by Crippen LogP contribution is 2.29. The highest BCUT2D eigenvalue weighted by Gasteiger charge is 2.28. The van der Waals surface area contributed by atoms with Crippen molar-refractivity contribution in [3.63, 3.8) is 0 Å². The van der Waals surface area contributed by atoms with E-state index in [2.05, 4.69) is 33.0 Å². The molecule has 0 amide bonds. The molecule has 0 radical (unpaired) electrons. The molecular formula is C14H29N. The number of nitrogens with one attached hydrogen (secondary N) is 1. The summed E-state index contributed by atoms with van der Waals surface area (Å²) in [5.74, 6) is 1.75. The van der Waals surface area contributed by atoms with E-state index in [1.807, 2.05) is 0 Å². The van der Waals surface area contributed by atoms with Crippen LogP contribution in [0, 0.1) is 11.8 Å². The molecule has 0 aromatic heterocycles. The molecule has 1 rings (SSSR count). The van der Waals surface area contributed by atoms with Crippen molar-refractivity contribution < 1.29 is 0 Å². The van der Waals surface area contributed by atoms with Crippen molar-refractivity contribution in [2.75, 3.05) is 0 Å². The lowest BCUT2D eigenvalue weighted by atomic mass is 9.78. The van der Waals surface area contributed by atoms with E-state index in [1.54, 1.807) is 0 Å². The zero-order valence-electron chi connectivity index (χ0n) is 11.1. The van der Waals surface area contributed by atoms with Crippen molar-refractivity contribution in [2.24, 2.45) is 11.8 Å². The van der Waals surface area contributed by atoms with Crippen LogP contribution in [0.2, 0.25) is 0 Å². The van der Waals surface area contributed by atoms with E-state index in [-0.39, 0.29) is 0 Å². The van der Waals surface area contributed by atoms with Crippen molar-refractivity contribution >= 4 is 0 Å². The molecule has 0 bridgehead atoms. The van der Waals surface area contributed by atoms with Crippen molar-refractivity contribution in [1.29, 1.82) is 0 Å². The van der Waals surface area contributed by atoms with Gasteiger partial charge in [-0.05, 0) is 38.0 Å². The van der Waals surface area contributed by atoms with Gasteiger partial charge in [-0.3, -0.25) is 0 Å². The van der Waals surface area contributed by atoms with Gasteiger partial charge in [-0.25, -0.2) is 0 Å². The van der Waals surface area contributed by atoms with Crippen molar-refractivity contribution in [1.82, 2.24) is 5.32 Å². The van der Waals surface area contributed by atoms with Gasteiger partial charge in [0.25, 0.3) is 0 Å². The zero-order valence-corrected chi connectivity index (χ0v) is 11.1. The van der Waals surface area contributed by atoms with Gasteiger partial charge in [0.2, 0.25) is 0 Å². The van der Waals surface area contributed by atoms with Crippen LogP contribution in [0.1, 0.15) is 66.2 Å². The lowest BCUT2D eigenvalue weighted by molar-refractivity contribution is 0.192. The first-order chi connectivity index (χ1) is 7.15. The van der Waals surface area contributed by atoms with Crippen LogP contribution in [0.25, 0.3) is 0 Å². The summed E-state index contributed by atoms with van der Waals surface area (Å²) < 4.78 is 0. The molecule has 0 aliphatic heterocycles. The molecule has 0 saturated heterocycles. The summed E-state index contributed by atoms with van der Waals surface area (Å²) in [6.07, 6.45) is 8.30. The average Bonchev–Trinajstić information content (AvgIpc) is 2.21. The van der Waals surface area contributed by atoms with E-state index in [0.29, 0.717) is 6.04 Å². The maximum Gasteiger partial charge on any atom is 0.0121 e. The summed E-state index contributed by atoms with van der Waals surface area (Å²) in [6, 6.07) is 1.48. The van der Waals surface area contributed by atoms with Gasteiger partial charge in [0.15, 0.2) is 0 Å². The summed E-state index contributed by atoms with van der Waals surface area (Å²) >= 11 is 0. The molecule has 1 saturated carbocycles. The summed E-state index contributed by atoms with van der Waals surface area (Å²) in [5.41, 5.74) is 0. The SMILES string of the molecule is CCCCC(C)NC1C(C)CCCC1C. The maximum atomic E-state index is 3.85. The third-order valence-electron chi connectivity index (χ3n) is 4.01. The van der Waals surface area contributed by atoms with E-state index in [1.165, 1.54) is 38.5 Å². The van der Waals surface area contributed by atoms with Gasteiger partial charge in [0.1, 0.15) is 0 Å². The van der Waals surface area contributed by atoms with E-state index in [0.717, 1.165) is 17.9 Å². The standard InChI is InChI=1S/C14H29N/c1-5-6-10-13(4)15-14-11(2)8-7-9-12(14)3/h11-15H,5-10H2,1-4H3.